The van der Waals surface area contributed by atoms with Crippen molar-refractivity contribution in [1.82, 2.24) is 14.4 Å². The molecule has 3 rings (SSSR count). The molecule has 126 valence electrons. The number of thiophene rings is 1. The van der Waals surface area contributed by atoms with E-state index in [9.17, 15) is 8.42 Å². The normalized spacial score (nSPS) is 12.0. The Morgan fingerprint density at radius 2 is 2.04 bits per heavy atom. The molecule has 0 aromatic carbocycles. The topological polar surface area (TPSA) is 76.3 Å². The van der Waals surface area contributed by atoms with Crippen LogP contribution in [-0.2, 0) is 23.1 Å². The Bertz CT molecular complexity index is 884. The molecule has 0 fully saturated rings. The van der Waals surface area contributed by atoms with E-state index in [-0.39, 0.29) is 18.0 Å². The van der Waals surface area contributed by atoms with E-state index < -0.39 is 10.0 Å². The number of pyridine rings is 1. The number of nitrogens with zero attached hydrogens (tertiary/aromatic N) is 3. The average molecular weight is 363 g/mol. The third-order valence-electron chi connectivity index (χ3n) is 3.57. The van der Waals surface area contributed by atoms with E-state index in [0.29, 0.717) is 17.1 Å². The first-order valence-electron chi connectivity index (χ1n) is 7.32. The second kappa shape index (κ2) is 6.84. The number of sulfonamides is 1. The lowest BCUT2D eigenvalue weighted by Crippen LogP contribution is -2.31. The number of hydrogen-bond acceptors (Lipinski definition) is 6. The highest BCUT2D eigenvalue weighted by Gasteiger charge is 2.31. The summed E-state index contributed by atoms with van der Waals surface area (Å²) in [6.45, 7) is 3.69. The molecule has 24 heavy (non-hydrogen) atoms. The third-order valence-corrected chi connectivity index (χ3v) is 6.34. The molecule has 0 atom stereocenters. The summed E-state index contributed by atoms with van der Waals surface area (Å²) in [6.07, 6.45) is 1.65. The molecule has 6 nitrogen and oxygen atoms in total. The minimum Gasteiger partial charge on any atom is -0.360 e. The van der Waals surface area contributed by atoms with E-state index in [1.165, 1.54) is 15.6 Å². The summed E-state index contributed by atoms with van der Waals surface area (Å²) in [5.41, 5.74) is 1.98. The van der Waals surface area contributed by atoms with Crippen molar-refractivity contribution in [2.75, 3.05) is 0 Å². The predicted octanol–water partition coefficient (Wildman–Crippen LogP) is 3.14. The van der Waals surface area contributed by atoms with Crippen molar-refractivity contribution in [3.63, 3.8) is 0 Å². The average Bonchev–Trinajstić information content (AvgIpc) is 3.18. The molecule has 3 aromatic rings. The Morgan fingerprint density at radius 3 is 2.62 bits per heavy atom. The van der Waals surface area contributed by atoms with Crippen LogP contribution in [0.2, 0.25) is 0 Å². The Labute approximate surface area is 144 Å². The first-order chi connectivity index (χ1) is 11.5. The number of rotatable bonds is 6. The summed E-state index contributed by atoms with van der Waals surface area (Å²) in [5.74, 6) is 0.295. The van der Waals surface area contributed by atoms with Gasteiger partial charge in [0.15, 0.2) is 5.76 Å². The summed E-state index contributed by atoms with van der Waals surface area (Å²) in [4.78, 5) is 4.38. The standard InChI is InChI=1S/C16H17N3O3S2/c1-12-16(13(2)22-18-12)24(20,21)19(9-14-6-8-23-11-14)10-15-5-3-4-7-17-15/h3-8,11H,9-10H2,1-2H3. The van der Waals surface area contributed by atoms with Gasteiger partial charge in [-0.05, 0) is 48.4 Å². The zero-order valence-electron chi connectivity index (χ0n) is 13.3. The van der Waals surface area contributed by atoms with Gasteiger partial charge in [-0.25, -0.2) is 8.42 Å². The molecular weight excluding hydrogens is 346 g/mol. The van der Waals surface area contributed by atoms with Crippen molar-refractivity contribution in [3.8, 4) is 0 Å². The van der Waals surface area contributed by atoms with Crippen LogP contribution in [-0.4, -0.2) is 22.9 Å². The molecule has 0 amide bonds. The lowest BCUT2D eigenvalue weighted by molar-refractivity contribution is 0.384. The van der Waals surface area contributed by atoms with E-state index in [0.717, 1.165) is 5.56 Å². The van der Waals surface area contributed by atoms with Crippen molar-refractivity contribution < 1.29 is 12.9 Å². The Balaban J connectivity index is 2.00. The van der Waals surface area contributed by atoms with Gasteiger partial charge < -0.3 is 4.52 Å². The maximum Gasteiger partial charge on any atom is 0.249 e. The zero-order chi connectivity index (χ0) is 17.2. The highest BCUT2D eigenvalue weighted by Crippen LogP contribution is 2.26. The molecule has 0 unspecified atom stereocenters. The van der Waals surface area contributed by atoms with Gasteiger partial charge in [0.2, 0.25) is 10.0 Å². The van der Waals surface area contributed by atoms with Crippen molar-refractivity contribution in [2.45, 2.75) is 31.8 Å². The van der Waals surface area contributed by atoms with Gasteiger partial charge in [-0.1, -0.05) is 11.2 Å². The van der Waals surface area contributed by atoms with Gasteiger partial charge in [-0.3, -0.25) is 4.98 Å². The van der Waals surface area contributed by atoms with E-state index in [1.807, 2.05) is 29.0 Å². The highest BCUT2D eigenvalue weighted by molar-refractivity contribution is 7.89. The van der Waals surface area contributed by atoms with Crippen LogP contribution in [0.4, 0.5) is 0 Å². The zero-order valence-corrected chi connectivity index (χ0v) is 15.0. The van der Waals surface area contributed by atoms with E-state index in [4.69, 9.17) is 4.52 Å². The molecule has 0 radical (unpaired) electrons. The fraction of sp³-hybridized carbons (Fsp3) is 0.250. The first kappa shape index (κ1) is 16.8. The maximum atomic E-state index is 13.2. The number of aromatic nitrogens is 2. The quantitative estimate of drug-likeness (QED) is 0.672. The molecule has 0 aliphatic carbocycles. The molecule has 0 spiro atoms. The molecule has 0 saturated carbocycles. The molecule has 0 N–H and O–H groups in total. The van der Waals surface area contributed by atoms with E-state index in [1.54, 1.807) is 26.1 Å². The van der Waals surface area contributed by atoms with Crippen molar-refractivity contribution in [1.29, 1.82) is 0 Å². The second-order valence-corrected chi connectivity index (χ2v) is 8.03. The van der Waals surface area contributed by atoms with Crippen molar-refractivity contribution in [2.24, 2.45) is 0 Å². The van der Waals surface area contributed by atoms with Gasteiger partial charge in [0.05, 0.1) is 12.2 Å². The summed E-state index contributed by atoms with van der Waals surface area (Å²) in [7, 11) is -3.75. The fourth-order valence-corrected chi connectivity index (χ4v) is 4.81. The van der Waals surface area contributed by atoms with Crippen LogP contribution in [0.15, 0.2) is 50.6 Å². The molecule has 3 heterocycles. The minimum absolute atomic E-state index is 0.133. The molecule has 3 aromatic heterocycles. The molecule has 0 aliphatic heterocycles. The predicted molar refractivity (Wildman–Crippen MR) is 91.0 cm³/mol. The van der Waals surface area contributed by atoms with Gasteiger partial charge in [0, 0.05) is 12.7 Å². The molecule has 0 aliphatic rings. The lowest BCUT2D eigenvalue weighted by Gasteiger charge is -2.21. The van der Waals surface area contributed by atoms with Crippen LogP contribution in [0.25, 0.3) is 0 Å². The van der Waals surface area contributed by atoms with E-state index >= 15 is 0 Å². The lowest BCUT2D eigenvalue weighted by atomic mass is 10.3. The molecule has 0 saturated heterocycles. The van der Waals surface area contributed by atoms with E-state index in [2.05, 4.69) is 10.1 Å². The second-order valence-electron chi connectivity index (χ2n) is 5.38. The minimum atomic E-state index is -3.75. The van der Waals surface area contributed by atoms with Gasteiger partial charge in [-0.15, -0.1) is 0 Å². The van der Waals surface area contributed by atoms with Crippen LogP contribution in [0.5, 0.6) is 0 Å². The Morgan fingerprint density at radius 1 is 1.21 bits per heavy atom. The van der Waals surface area contributed by atoms with Crippen LogP contribution >= 0.6 is 11.3 Å². The summed E-state index contributed by atoms with van der Waals surface area (Å²) in [5, 5.41) is 7.64. The van der Waals surface area contributed by atoms with Crippen LogP contribution in [0.1, 0.15) is 22.7 Å². The summed E-state index contributed by atoms with van der Waals surface area (Å²) >= 11 is 1.53. The first-order valence-corrected chi connectivity index (χ1v) is 9.71. The van der Waals surface area contributed by atoms with Gasteiger partial charge in [-0.2, -0.15) is 15.6 Å². The Kier molecular flexibility index (Phi) is 4.79. The van der Waals surface area contributed by atoms with Crippen LogP contribution < -0.4 is 0 Å². The molecule has 8 heteroatoms. The van der Waals surface area contributed by atoms with Crippen molar-refractivity contribution in [3.05, 3.63) is 63.9 Å². The smallest absolute Gasteiger partial charge is 0.249 e. The van der Waals surface area contributed by atoms with Crippen LogP contribution in [0, 0.1) is 13.8 Å². The third kappa shape index (κ3) is 3.40. The molecule has 0 bridgehead atoms. The Hall–Kier alpha value is -2.03. The largest absolute Gasteiger partial charge is 0.360 e. The maximum absolute atomic E-state index is 13.2. The van der Waals surface area contributed by atoms with Crippen molar-refractivity contribution >= 4 is 21.4 Å². The highest BCUT2D eigenvalue weighted by atomic mass is 32.2. The van der Waals surface area contributed by atoms with Gasteiger partial charge in [0.1, 0.15) is 10.6 Å². The molecular formula is C16H17N3O3S2. The number of hydrogen-bond donors (Lipinski definition) is 0. The van der Waals surface area contributed by atoms with Crippen LogP contribution in [0.3, 0.4) is 0 Å². The monoisotopic (exact) mass is 363 g/mol. The number of aryl methyl sites for hydroxylation is 2. The van der Waals surface area contributed by atoms with Gasteiger partial charge >= 0.3 is 0 Å². The SMILES string of the molecule is Cc1noc(C)c1S(=O)(=O)N(Cc1ccsc1)Cc1ccccn1. The summed E-state index contributed by atoms with van der Waals surface area (Å²) in [6, 6.07) is 7.37. The fourth-order valence-electron chi connectivity index (χ4n) is 2.46. The van der Waals surface area contributed by atoms with Gasteiger partial charge in [0.25, 0.3) is 0 Å². The summed E-state index contributed by atoms with van der Waals surface area (Å²) < 4.78 is 32.8.